The summed E-state index contributed by atoms with van der Waals surface area (Å²) in [6, 6.07) is 6.85. The Morgan fingerprint density at radius 1 is 1.20 bits per heavy atom. The zero-order chi connectivity index (χ0) is 14.9. The lowest BCUT2D eigenvalue weighted by Crippen LogP contribution is -2.28. The van der Waals surface area contributed by atoms with E-state index in [1.807, 2.05) is 19.1 Å². The van der Waals surface area contributed by atoms with Gasteiger partial charge in [0.05, 0.1) is 14.4 Å². The summed E-state index contributed by atoms with van der Waals surface area (Å²) in [5.41, 5.74) is 6.00. The summed E-state index contributed by atoms with van der Waals surface area (Å²) < 4.78 is 7.34. The second kappa shape index (κ2) is 6.86. The van der Waals surface area contributed by atoms with Crippen LogP contribution in [0, 0.1) is 0 Å². The van der Waals surface area contributed by atoms with Crippen molar-refractivity contribution < 1.29 is 4.74 Å². The molecule has 0 aliphatic heterocycles. The maximum absolute atomic E-state index is 6.17. The fraction of sp³-hybridized carbons (Fsp3) is 0.231. The molecule has 7 heteroatoms. The Morgan fingerprint density at radius 2 is 1.90 bits per heavy atom. The molecule has 0 radical (unpaired) electrons. The molecule has 108 valence electrons. The first-order valence-corrected chi connectivity index (χ1v) is 8.45. The van der Waals surface area contributed by atoms with E-state index in [2.05, 4.69) is 15.9 Å². The van der Waals surface area contributed by atoms with Crippen LogP contribution in [-0.2, 0) is 0 Å². The standard InChI is InChI=1S/C13H11BrCl3NOS/c1-6(18)13(11-2-3-12(17)20-11)19-10-5-8(15)7(14)4-9(10)16/h2-6,13H,18H2,1H3. The molecule has 0 spiro atoms. The Hall–Kier alpha value is 0.0300. The van der Waals surface area contributed by atoms with E-state index in [1.165, 1.54) is 11.3 Å². The molecule has 2 atom stereocenters. The van der Waals surface area contributed by atoms with Gasteiger partial charge in [-0.1, -0.05) is 34.8 Å². The third kappa shape index (κ3) is 3.81. The summed E-state index contributed by atoms with van der Waals surface area (Å²) in [5.74, 6) is 0.492. The molecule has 1 aromatic carbocycles. The van der Waals surface area contributed by atoms with E-state index in [9.17, 15) is 0 Å². The van der Waals surface area contributed by atoms with Crippen LogP contribution in [0.4, 0.5) is 0 Å². The molecule has 2 aromatic rings. The SMILES string of the molecule is CC(N)C(Oc1cc(Cl)c(Br)cc1Cl)c1ccc(Cl)s1. The third-order valence-corrected chi connectivity index (χ3v) is 5.37. The Balaban J connectivity index is 2.32. The first kappa shape index (κ1) is 16.4. The van der Waals surface area contributed by atoms with Crippen LogP contribution >= 0.6 is 62.1 Å². The van der Waals surface area contributed by atoms with Gasteiger partial charge >= 0.3 is 0 Å². The molecule has 0 amide bonds. The number of ether oxygens (including phenoxy) is 1. The molecule has 0 saturated heterocycles. The van der Waals surface area contributed by atoms with Gasteiger partial charge in [0.1, 0.15) is 11.9 Å². The monoisotopic (exact) mass is 413 g/mol. The lowest BCUT2D eigenvalue weighted by Gasteiger charge is -2.22. The normalized spacial score (nSPS) is 14.1. The molecule has 0 bridgehead atoms. The quantitative estimate of drug-likeness (QED) is 0.628. The Kier molecular flexibility index (Phi) is 5.63. The van der Waals surface area contributed by atoms with E-state index in [4.69, 9.17) is 45.3 Å². The van der Waals surface area contributed by atoms with Crippen LogP contribution in [0.5, 0.6) is 5.75 Å². The van der Waals surface area contributed by atoms with Crippen LogP contribution in [0.3, 0.4) is 0 Å². The summed E-state index contributed by atoms with van der Waals surface area (Å²) in [6.45, 7) is 1.87. The number of rotatable bonds is 4. The molecule has 2 N–H and O–H groups in total. The fourth-order valence-corrected chi connectivity index (χ4v) is 3.68. The minimum absolute atomic E-state index is 0.219. The maximum atomic E-state index is 6.17. The number of benzene rings is 1. The van der Waals surface area contributed by atoms with Gasteiger partial charge in [-0.05, 0) is 41.1 Å². The third-order valence-electron chi connectivity index (χ3n) is 2.58. The summed E-state index contributed by atoms with van der Waals surface area (Å²) in [4.78, 5) is 0.945. The van der Waals surface area contributed by atoms with Crippen molar-refractivity contribution in [3.63, 3.8) is 0 Å². The van der Waals surface area contributed by atoms with E-state index in [-0.39, 0.29) is 12.1 Å². The van der Waals surface area contributed by atoms with E-state index in [0.717, 1.165) is 4.88 Å². The van der Waals surface area contributed by atoms with Crippen molar-refractivity contribution in [2.75, 3.05) is 0 Å². The van der Waals surface area contributed by atoms with Crippen molar-refractivity contribution in [3.05, 3.63) is 48.0 Å². The highest BCUT2D eigenvalue weighted by molar-refractivity contribution is 9.10. The van der Waals surface area contributed by atoms with Gasteiger partial charge in [0.25, 0.3) is 0 Å². The largest absolute Gasteiger partial charge is 0.482 e. The van der Waals surface area contributed by atoms with Gasteiger partial charge in [0.2, 0.25) is 0 Å². The number of hydrogen-bond donors (Lipinski definition) is 1. The average molecular weight is 416 g/mol. The van der Waals surface area contributed by atoms with Crippen molar-refractivity contribution in [2.24, 2.45) is 5.73 Å². The molecule has 20 heavy (non-hydrogen) atoms. The van der Waals surface area contributed by atoms with Gasteiger partial charge in [-0.25, -0.2) is 0 Å². The minimum Gasteiger partial charge on any atom is -0.482 e. The van der Waals surface area contributed by atoms with Crippen molar-refractivity contribution in [3.8, 4) is 5.75 Å². The fourth-order valence-electron chi connectivity index (χ4n) is 1.64. The molecule has 0 fully saturated rings. The zero-order valence-electron chi connectivity index (χ0n) is 10.4. The maximum Gasteiger partial charge on any atom is 0.148 e. The molecule has 2 unspecified atom stereocenters. The van der Waals surface area contributed by atoms with Crippen molar-refractivity contribution >= 4 is 62.1 Å². The molecule has 2 rings (SSSR count). The summed E-state index contributed by atoms with van der Waals surface area (Å²) >= 11 is 22.9. The molecule has 2 nitrogen and oxygen atoms in total. The van der Waals surface area contributed by atoms with Gasteiger partial charge < -0.3 is 10.5 Å². The van der Waals surface area contributed by atoms with E-state index in [0.29, 0.717) is 24.6 Å². The van der Waals surface area contributed by atoms with Crippen LogP contribution in [-0.4, -0.2) is 6.04 Å². The number of halogens is 4. The summed E-state index contributed by atoms with van der Waals surface area (Å²) in [5, 5.41) is 0.992. The first-order valence-electron chi connectivity index (χ1n) is 5.70. The molecular formula is C13H11BrCl3NOS. The average Bonchev–Trinajstić information content (AvgIpc) is 2.78. The predicted molar refractivity (Wildman–Crippen MR) is 90.5 cm³/mol. The van der Waals surface area contributed by atoms with Crippen LogP contribution in [0.1, 0.15) is 17.9 Å². The second-order valence-corrected chi connectivity index (χ2v) is 7.65. The highest BCUT2D eigenvalue weighted by Crippen LogP contribution is 2.38. The summed E-state index contributed by atoms with van der Waals surface area (Å²) in [6.07, 6.45) is -0.331. The van der Waals surface area contributed by atoms with Gasteiger partial charge in [-0.3, -0.25) is 0 Å². The molecule has 1 heterocycles. The highest BCUT2D eigenvalue weighted by Gasteiger charge is 2.22. The van der Waals surface area contributed by atoms with Crippen molar-refractivity contribution in [1.82, 2.24) is 0 Å². The van der Waals surface area contributed by atoms with Gasteiger partial charge in [-0.2, -0.15) is 0 Å². The molecule has 1 aromatic heterocycles. The van der Waals surface area contributed by atoms with Crippen molar-refractivity contribution in [2.45, 2.75) is 19.1 Å². The molecular weight excluding hydrogens is 404 g/mol. The van der Waals surface area contributed by atoms with Crippen LogP contribution < -0.4 is 10.5 Å². The van der Waals surface area contributed by atoms with E-state index in [1.54, 1.807) is 12.1 Å². The highest BCUT2D eigenvalue weighted by atomic mass is 79.9. The smallest absolute Gasteiger partial charge is 0.148 e. The Bertz CT molecular complexity index is 618. The van der Waals surface area contributed by atoms with Crippen LogP contribution in [0.15, 0.2) is 28.7 Å². The van der Waals surface area contributed by atoms with E-state index < -0.39 is 0 Å². The number of hydrogen-bond acceptors (Lipinski definition) is 3. The van der Waals surface area contributed by atoms with Gasteiger partial charge in [0.15, 0.2) is 0 Å². The van der Waals surface area contributed by atoms with E-state index >= 15 is 0 Å². The molecule has 0 aliphatic rings. The minimum atomic E-state index is -0.331. The second-order valence-electron chi connectivity index (χ2n) is 4.24. The lowest BCUT2D eigenvalue weighted by molar-refractivity contribution is 0.184. The molecule has 0 aliphatic carbocycles. The number of nitrogens with two attached hydrogens (primary N) is 1. The predicted octanol–water partition coefficient (Wildman–Crippen LogP) is 5.94. The topological polar surface area (TPSA) is 35.2 Å². The molecule has 0 saturated carbocycles. The van der Waals surface area contributed by atoms with Crippen molar-refractivity contribution in [1.29, 1.82) is 0 Å². The zero-order valence-corrected chi connectivity index (χ0v) is 15.0. The van der Waals surface area contributed by atoms with Gasteiger partial charge in [-0.15, -0.1) is 11.3 Å². The summed E-state index contributed by atoms with van der Waals surface area (Å²) in [7, 11) is 0. The van der Waals surface area contributed by atoms with Crippen LogP contribution in [0.25, 0.3) is 0 Å². The Morgan fingerprint density at radius 3 is 2.45 bits per heavy atom. The number of thiophene rings is 1. The van der Waals surface area contributed by atoms with Crippen LogP contribution in [0.2, 0.25) is 14.4 Å². The lowest BCUT2D eigenvalue weighted by atomic mass is 10.1. The first-order chi connectivity index (χ1) is 9.38. The van der Waals surface area contributed by atoms with Gasteiger partial charge in [0, 0.05) is 21.5 Å². The Labute approximate surface area is 144 Å².